The maximum atomic E-state index is 3.53. The zero-order valence-electron chi connectivity index (χ0n) is 14.2. The second-order valence-corrected chi connectivity index (χ2v) is 6.91. The fourth-order valence-electron chi connectivity index (χ4n) is 3.91. The van der Waals surface area contributed by atoms with Gasteiger partial charge >= 0.3 is 0 Å². The molecule has 1 aromatic carbocycles. The number of aryl methyl sites for hydroxylation is 1. The van der Waals surface area contributed by atoms with Gasteiger partial charge in [-0.2, -0.15) is 0 Å². The van der Waals surface area contributed by atoms with Crippen LogP contribution in [0.2, 0.25) is 0 Å². The molecule has 2 saturated heterocycles. The monoisotopic (exact) mass is 301 g/mol. The number of hydrogen-bond acceptors (Lipinski definition) is 3. The zero-order chi connectivity index (χ0) is 15.4. The summed E-state index contributed by atoms with van der Waals surface area (Å²) >= 11 is 0. The van der Waals surface area contributed by atoms with Gasteiger partial charge < -0.3 is 10.2 Å². The lowest BCUT2D eigenvalue weighted by Gasteiger charge is -2.41. The van der Waals surface area contributed by atoms with Crippen molar-refractivity contribution >= 4 is 0 Å². The Labute approximate surface area is 135 Å². The highest BCUT2D eigenvalue weighted by molar-refractivity contribution is 5.26. The standard InChI is InChI=1S/C19H31N3/c1-3-17-6-8-18(9-7-17)19(15-21-11-4-5-12-21)22-13-10-20-14-16(22)2/h6-9,16,19-20H,3-5,10-15H2,1-2H3. The number of hydrogen-bond donors (Lipinski definition) is 1. The lowest BCUT2D eigenvalue weighted by atomic mass is 9.99. The van der Waals surface area contributed by atoms with Crippen molar-refractivity contribution in [3.05, 3.63) is 35.4 Å². The summed E-state index contributed by atoms with van der Waals surface area (Å²) in [6.45, 7) is 11.7. The summed E-state index contributed by atoms with van der Waals surface area (Å²) in [6.07, 6.45) is 3.87. The third-order valence-corrected chi connectivity index (χ3v) is 5.36. The van der Waals surface area contributed by atoms with E-state index in [-0.39, 0.29) is 0 Å². The summed E-state index contributed by atoms with van der Waals surface area (Å²) in [7, 11) is 0. The van der Waals surface area contributed by atoms with Crippen LogP contribution in [0.1, 0.15) is 43.9 Å². The predicted molar refractivity (Wildman–Crippen MR) is 93.3 cm³/mol. The summed E-state index contributed by atoms with van der Waals surface area (Å²) in [5.74, 6) is 0. The van der Waals surface area contributed by atoms with Gasteiger partial charge in [-0.05, 0) is 50.4 Å². The maximum Gasteiger partial charge on any atom is 0.0479 e. The van der Waals surface area contributed by atoms with Crippen LogP contribution in [0.25, 0.3) is 0 Å². The largest absolute Gasteiger partial charge is 0.314 e. The van der Waals surface area contributed by atoms with E-state index in [9.17, 15) is 0 Å². The molecule has 2 unspecified atom stereocenters. The second-order valence-electron chi connectivity index (χ2n) is 6.91. The normalized spacial score (nSPS) is 25.5. The van der Waals surface area contributed by atoms with Crippen molar-refractivity contribution in [2.75, 3.05) is 39.3 Å². The van der Waals surface area contributed by atoms with E-state index in [1.807, 2.05) is 0 Å². The Balaban J connectivity index is 1.79. The lowest BCUT2D eigenvalue weighted by Crippen LogP contribution is -2.52. The van der Waals surface area contributed by atoms with E-state index in [1.54, 1.807) is 0 Å². The smallest absolute Gasteiger partial charge is 0.0479 e. The molecule has 0 radical (unpaired) electrons. The number of nitrogens with zero attached hydrogens (tertiary/aromatic N) is 2. The molecule has 22 heavy (non-hydrogen) atoms. The Hall–Kier alpha value is -0.900. The minimum atomic E-state index is 0.543. The fraction of sp³-hybridized carbons (Fsp3) is 0.684. The van der Waals surface area contributed by atoms with Gasteiger partial charge in [0.25, 0.3) is 0 Å². The van der Waals surface area contributed by atoms with E-state index >= 15 is 0 Å². The first-order chi connectivity index (χ1) is 10.8. The summed E-state index contributed by atoms with van der Waals surface area (Å²) in [4.78, 5) is 5.38. The van der Waals surface area contributed by atoms with Gasteiger partial charge in [0.15, 0.2) is 0 Å². The Morgan fingerprint density at radius 1 is 1.14 bits per heavy atom. The van der Waals surface area contributed by atoms with Crippen LogP contribution in [-0.2, 0) is 6.42 Å². The molecular formula is C19H31N3. The predicted octanol–water partition coefficient (Wildman–Crippen LogP) is 2.68. The molecule has 0 aliphatic carbocycles. The Kier molecular flexibility index (Phi) is 5.51. The van der Waals surface area contributed by atoms with Gasteiger partial charge in [-0.3, -0.25) is 4.90 Å². The number of benzene rings is 1. The van der Waals surface area contributed by atoms with E-state index in [0.717, 1.165) is 26.1 Å². The van der Waals surface area contributed by atoms with Crippen LogP contribution < -0.4 is 5.32 Å². The van der Waals surface area contributed by atoms with Gasteiger partial charge in [-0.15, -0.1) is 0 Å². The molecule has 0 bridgehead atoms. The maximum absolute atomic E-state index is 3.53. The molecule has 1 N–H and O–H groups in total. The van der Waals surface area contributed by atoms with Crippen LogP contribution in [0.5, 0.6) is 0 Å². The van der Waals surface area contributed by atoms with Crippen molar-refractivity contribution in [2.24, 2.45) is 0 Å². The molecule has 2 fully saturated rings. The van der Waals surface area contributed by atoms with Crippen LogP contribution in [0.3, 0.4) is 0 Å². The van der Waals surface area contributed by atoms with E-state index in [2.05, 4.69) is 53.2 Å². The molecule has 2 atom stereocenters. The number of rotatable bonds is 5. The highest BCUT2D eigenvalue weighted by atomic mass is 15.3. The van der Waals surface area contributed by atoms with Crippen molar-refractivity contribution in [3.8, 4) is 0 Å². The van der Waals surface area contributed by atoms with Crippen LogP contribution in [-0.4, -0.2) is 55.1 Å². The Morgan fingerprint density at radius 2 is 1.86 bits per heavy atom. The molecule has 3 rings (SSSR count). The summed E-state index contributed by atoms with van der Waals surface area (Å²) in [6, 6.07) is 10.5. The van der Waals surface area contributed by atoms with Gasteiger partial charge in [-0.25, -0.2) is 0 Å². The van der Waals surface area contributed by atoms with E-state index in [4.69, 9.17) is 0 Å². The first kappa shape index (κ1) is 16.0. The third kappa shape index (κ3) is 3.70. The van der Waals surface area contributed by atoms with Crippen molar-refractivity contribution in [1.82, 2.24) is 15.1 Å². The van der Waals surface area contributed by atoms with Crippen LogP contribution in [0.15, 0.2) is 24.3 Å². The lowest BCUT2D eigenvalue weighted by molar-refractivity contribution is 0.0907. The molecular weight excluding hydrogens is 270 g/mol. The first-order valence-corrected chi connectivity index (χ1v) is 9.05. The van der Waals surface area contributed by atoms with E-state index < -0.39 is 0 Å². The van der Waals surface area contributed by atoms with Crippen LogP contribution in [0, 0.1) is 0 Å². The molecule has 122 valence electrons. The van der Waals surface area contributed by atoms with Gasteiger partial charge in [0.05, 0.1) is 0 Å². The fourth-order valence-corrected chi connectivity index (χ4v) is 3.91. The van der Waals surface area contributed by atoms with Crippen molar-refractivity contribution in [2.45, 2.75) is 45.2 Å². The van der Waals surface area contributed by atoms with Gasteiger partial charge in [-0.1, -0.05) is 31.2 Å². The summed E-state index contributed by atoms with van der Waals surface area (Å²) in [5, 5.41) is 3.53. The molecule has 0 amide bonds. The molecule has 2 aliphatic heterocycles. The van der Waals surface area contributed by atoms with Crippen molar-refractivity contribution in [1.29, 1.82) is 0 Å². The highest BCUT2D eigenvalue weighted by Crippen LogP contribution is 2.27. The average molecular weight is 301 g/mol. The van der Waals surface area contributed by atoms with E-state index in [1.165, 1.54) is 43.6 Å². The Bertz CT molecular complexity index is 450. The van der Waals surface area contributed by atoms with E-state index in [0.29, 0.717) is 12.1 Å². The zero-order valence-corrected chi connectivity index (χ0v) is 14.2. The molecule has 0 aromatic heterocycles. The van der Waals surface area contributed by atoms with Gasteiger partial charge in [0.2, 0.25) is 0 Å². The molecule has 0 saturated carbocycles. The summed E-state index contributed by atoms with van der Waals surface area (Å²) < 4.78 is 0. The molecule has 0 spiro atoms. The van der Waals surface area contributed by atoms with Gasteiger partial charge in [0.1, 0.15) is 0 Å². The minimum absolute atomic E-state index is 0.543. The summed E-state index contributed by atoms with van der Waals surface area (Å²) in [5.41, 5.74) is 2.94. The quantitative estimate of drug-likeness (QED) is 0.902. The molecule has 3 nitrogen and oxygen atoms in total. The van der Waals surface area contributed by atoms with Crippen molar-refractivity contribution < 1.29 is 0 Å². The molecule has 3 heteroatoms. The second kappa shape index (κ2) is 7.58. The topological polar surface area (TPSA) is 18.5 Å². The van der Waals surface area contributed by atoms with Crippen LogP contribution in [0.4, 0.5) is 0 Å². The van der Waals surface area contributed by atoms with Crippen molar-refractivity contribution in [3.63, 3.8) is 0 Å². The molecule has 2 aliphatic rings. The average Bonchev–Trinajstić information content (AvgIpc) is 3.07. The number of piperazine rings is 1. The minimum Gasteiger partial charge on any atom is -0.314 e. The number of nitrogens with one attached hydrogen (secondary N) is 1. The highest BCUT2D eigenvalue weighted by Gasteiger charge is 2.29. The molecule has 2 heterocycles. The Morgan fingerprint density at radius 3 is 2.50 bits per heavy atom. The van der Waals surface area contributed by atoms with Gasteiger partial charge in [0, 0.05) is 38.3 Å². The molecule has 1 aromatic rings. The number of likely N-dealkylation sites (tertiary alicyclic amines) is 1. The SMILES string of the molecule is CCc1ccc(C(CN2CCCC2)N2CCNCC2C)cc1. The van der Waals surface area contributed by atoms with Crippen LogP contribution >= 0.6 is 0 Å². The third-order valence-electron chi connectivity index (χ3n) is 5.36. The first-order valence-electron chi connectivity index (χ1n) is 9.05.